The Bertz CT molecular complexity index is 306. The van der Waals surface area contributed by atoms with E-state index in [1.54, 1.807) is 0 Å². The molecule has 0 saturated heterocycles. The lowest BCUT2D eigenvalue weighted by molar-refractivity contribution is 0.0696. The predicted octanol–water partition coefficient (Wildman–Crippen LogP) is 1.80. The quantitative estimate of drug-likeness (QED) is 0.762. The summed E-state index contributed by atoms with van der Waals surface area (Å²) in [5.74, 6) is -1.07. The lowest BCUT2D eigenvalue weighted by atomic mass is 10.3. The van der Waals surface area contributed by atoms with Gasteiger partial charge >= 0.3 is 5.97 Å². The molecule has 0 aliphatic carbocycles. The van der Waals surface area contributed by atoms with Crippen molar-refractivity contribution >= 4 is 33.5 Å². The summed E-state index contributed by atoms with van der Waals surface area (Å²) in [6.45, 7) is 0. The van der Waals surface area contributed by atoms with E-state index in [9.17, 15) is 4.79 Å². The molecule has 1 rings (SSSR count). The van der Waals surface area contributed by atoms with Gasteiger partial charge in [-0.3, -0.25) is 0 Å². The normalized spacial score (nSPS) is 8.62. The fraction of sp³-hybridized carbons (Fsp3) is 0.143. The van der Waals surface area contributed by atoms with Gasteiger partial charge in [-0.1, -0.05) is 11.6 Å². The van der Waals surface area contributed by atoms with Gasteiger partial charge < -0.3 is 10.2 Å². The maximum atomic E-state index is 10.4. The third-order valence-electron chi connectivity index (χ3n) is 1.05. The van der Waals surface area contributed by atoms with E-state index in [1.165, 1.54) is 12.3 Å². The van der Waals surface area contributed by atoms with E-state index in [1.807, 2.05) is 0 Å². The molecule has 2 N–H and O–H groups in total. The number of rotatable bonds is 1. The highest BCUT2D eigenvalue weighted by atomic mass is 79.9. The lowest BCUT2D eigenvalue weighted by Gasteiger charge is -1.96. The third-order valence-corrected chi connectivity index (χ3v) is 1.80. The molecule has 0 amide bonds. The number of hydrogen-bond donors (Lipinski definition) is 2. The maximum Gasteiger partial charge on any atom is 0.338 e. The second-order valence-electron chi connectivity index (χ2n) is 1.79. The zero-order chi connectivity index (χ0) is 10.4. The fourth-order valence-corrected chi connectivity index (χ4v) is 1.26. The number of aliphatic hydroxyl groups excluding tert-OH is 1. The Balaban J connectivity index is 0.000000671. The van der Waals surface area contributed by atoms with E-state index >= 15 is 0 Å². The lowest BCUT2D eigenvalue weighted by Crippen LogP contribution is -1.97. The van der Waals surface area contributed by atoms with E-state index in [2.05, 4.69) is 20.9 Å². The number of aromatic carboxylic acids is 1. The van der Waals surface area contributed by atoms with Gasteiger partial charge in [0.1, 0.15) is 4.60 Å². The molecule has 0 radical (unpaired) electrons. The Morgan fingerprint density at radius 1 is 1.62 bits per heavy atom. The SMILES string of the molecule is CO.O=C(O)c1cnc(Br)cc1Cl. The van der Waals surface area contributed by atoms with Crippen molar-refractivity contribution in [3.05, 3.63) is 27.5 Å². The van der Waals surface area contributed by atoms with Gasteiger partial charge in [0, 0.05) is 13.3 Å². The minimum absolute atomic E-state index is 0.00914. The standard InChI is InChI=1S/C6H3BrClNO2.CH4O/c7-5-1-4(8)3(2-9-5)6(10)11;1-2/h1-2H,(H,10,11);2H,1H3. The summed E-state index contributed by atoms with van der Waals surface area (Å²) < 4.78 is 0.521. The Morgan fingerprint density at radius 3 is 2.54 bits per heavy atom. The molecule has 1 aromatic heterocycles. The minimum Gasteiger partial charge on any atom is -0.478 e. The van der Waals surface area contributed by atoms with Crippen LogP contribution in [0.2, 0.25) is 5.02 Å². The molecule has 72 valence electrons. The first-order valence-electron chi connectivity index (χ1n) is 3.10. The van der Waals surface area contributed by atoms with Gasteiger partial charge in [0.05, 0.1) is 10.6 Å². The van der Waals surface area contributed by atoms with Crippen molar-refractivity contribution in [2.75, 3.05) is 7.11 Å². The average Bonchev–Trinajstić information content (AvgIpc) is 2.07. The van der Waals surface area contributed by atoms with Gasteiger partial charge in [-0.05, 0) is 22.0 Å². The summed E-state index contributed by atoms with van der Waals surface area (Å²) in [5.41, 5.74) is 0.00914. The molecule has 0 fully saturated rings. The fourth-order valence-electron chi connectivity index (χ4n) is 0.565. The van der Waals surface area contributed by atoms with Crippen LogP contribution in [-0.2, 0) is 0 Å². The molecule has 4 nitrogen and oxygen atoms in total. The second kappa shape index (κ2) is 5.90. The van der Waals surface area contributed by atoms with E-state index in [0.717, 1.165) is 7.11 Å². The van der Waals surface area contributed by atoms with E-state index in [0.29, 0.717) is 4.60 Å². The van der Waals surface area contributed by atoms with Crippen LogP contribution < -0.4 is 0 Å². The van der Waals surface area contributed by atoms with Crippen molar-refractivity contribution in [3.63, 3.8) is 0 Å². The maximum absolute atomic E-state index is 10.4. The molecular weight excluding hydrogens is 261 g/mol. The van der Waals surface area contributed by atoms with Crippen LogP contribution in [0.1, 0.15) is 10.4 Å². The highest BCUT2D eigenvalue weighted by Gasteiger charge is 2.08. The van der Waals surface area contributed by atoms with Crippen molar-refractivity contribution in [1.82, 2.24) is 4.98 Å². The highest BCUT2D eigenvalue weighted by Crippen LogP contribution is 2.18. The monoisotopic (exact) mass is 267 g/mol. The number of halogens is 2. The summed E-state index contributed by atoms with van der Waals surface area (Å²) in [5, 5.41) is 15.7. The summed E-state index contributed by atoms with van der Waals surface area (Å²) in [6, 6.07) is 1.44. The molecule has 1 aromatic rings. The third kappa shape index (κ3) is 3.71. The van der Waals surface area contributed by atoms with Gasteiger partial charge in [0.15, 0.2) is 0 Å². The van der Waals surface area contributed by atoms with Crippen LogP contribution in [0, 0.1) is 0 Å². The Kier molecular flexibility index (Phi) is 5.61. The van der Waals surface area contributed by atoms with Crippen LogP contribution in [-0.4, -0.2) is 28.3 Å². The number of pyridine rings is 1. The van der Waals surface area contributed by atoms with Crippen LogP contribution in [0.4, 0.5) is 0 Å². The molecule has 13 heavy (non-hydrogen) atoms. The molecule has 0 atom stereocenters. The minimum atomic E-state index is -1.07. The molecule has 0 aliphatic rings. The molecule has 1 heterocycles. The van der Waals surface area contributed by atoms with E-state index < -0.39 is 5.97 Å². The number of hydrogen-bond acceptors (Lipinski definition) is 3. The van der Waals surface area contributed by atoms with Crippen LogP contribution in [0.15, 0.2) is 16.9 Å². The van der Waals surface area contributed by atoms with Crippen molar-refractivity contribution in [2.24, 2.45) is 0 Å². The number of carboxylic acids is 1. The smallest absolute Gasteiger partial charge is 0.338 e. The topological polar surface area (TPSA) is 70.4 Å². The Labute approximate surface area is 88.3 Å². The first-order chi connectivity index (χ1) is 6.11. The molecule has 0 bridgehead atoms. The Morgan fingerprint density at radius 2 is 2.15 bits per heavy atom. The van der Waals surface area contributed by atoms with Crippen LogP contribution in [0.25, 0.3) is 0 Å². The van der Waals surface area contributed by atoms with Gasteiger partial charge in [0.2, 0.25) is 0 Å². The summed E-state index contributed by atoms with van der Waals surface area (Å²) in [7, 11) is 1.00. The van der Waals surface area contributed by atoms with Gasteiger partial charge in [0.25, 0.3) is 0 Å². The molecular formula is C7H7BrClNO3. The first-order valence-corrected chi connectivity index (χ1v) is 4.27. The molecule has 0 spiro atoms. The Hall–Kier alpha value is -0.650. The molecule has 6 heteroatoms. The summed E-state index contributed by atoms with van der Waals surface area (Å²) >= 11 is 8.63. The molecule has 0 aliphatic heterocycles. The average molecular weight is 268 g/mol. The van der Waals surface area contributed by atoms with E-state index in [-0.39, 0.29) is 10.6 Å². The number of aliphatic hydroxyl groups is 1. The van der Waals surface area contributed by atoms with Crippen molar-refractivity contribution in [3.8, 4) is 0 Å². The zero-order valence-electron chi connectivity index (χ0n) is 6.66. The number of carbonyl (C=O) groups is 1. The first kappa shape index (κ1) is 12.3. The van der Waals surface area contributed by atoms with Gasteiger partial charge in [-0.25, -0.2) is 9.78 Å². The predicted molar refractivity (Wildman–Crippen MR) is 52.0 cm³/mol. The molecule has 0 saturated carbocycles. The van der Waals surface area contributed by atoms with Crippen molar-refractivity contribution in [1.29, 1.82) is 0 Å². The molecule has 0 aromatic carbocycles. The van der Waals surface area contributed by atoms with Crippen molar-refractivity contribution < 1.29 is 15.0 Å². The van der Waals surface area contributed by atoms with Crippen LogP contribution in [0.5, 0.6) is 0 Å². The van der Waals surface area contributed by atoms with Gasteiger partial charge in [-0.15, -0.1) is 0 Å². The summed E-state index contributed by atoms with van der Waals surface area (Å²) in [4.78, 5) is 14.1. The van der Waals surface area contributed by atoms with Crippen LogP contribution >= 0.6 is 27.5 Å². The number of nitrogens with zero attached hydrogens (tertiary/aromatic N) is 1. The second-order valence-corrected chi connectivity index (χ2v) is 3.01. The van der Waals surface area contributed by atoms with E-state index in [4.69, 9.17) is 21.8 Å². The van der Waals surface area contributed by atoms with Crippen LogP contribution in [0.3, 0.4) is 0 Å². The zero-order valence-corrected chi connectivity index (χ0v) is 9.00. The summed E-state index contributed by atoms with van der Waals surface area (Å²) in [6.07, 6.45) is 1.20. The largest absolute Gasteiger partial charge is 0.478 e. The number of carboxylic acid groups (broad SMARTS) is 1. The van der Waals surface area contributed by atoms with Crippen molar-refractivity contribution in [2.45, 2.75) is 0 Å². The number of aromatic nitrogens is 1. The van der Waals surface area contributed by atoms with Gasteiger partial charge in [-0.2, -0.15) is 0 Å². The highest BCUT2D eigenvalue weighted by molar-refractivity contribution is 9.10. The molecule has 0 unspecified atom stereocenters.